The number of pyridine rings is 1. The summed E-state index contributed by atoms with van der Waals surface area (Å²) in [5.41, 5.74) is 3.25. The van der Waals surface area contributed by atoms with E-state index >= 15 is 0 Å². The SMILES string of the molecule is CC(C)S(=O)(=O)Nc1cccc(C2CCN(Cc3cn(Cc4cccc(F)n4)nn3)CC2)c1. The van der Waals surface area contributed by atoms with E-state index in [0.717, 1.165) is 37.2 Å². The molecule has 0 atom stereocenters. The van der Waals surface area contributed by atoms with Gasteiger partial charge in [-0.2, -0.15) is 4.39 Å². The maximum absolute atomic E-state index is 13.3. The summed E-state index contributed by atoms with van der Waals surface area (Å²) in [5, 5.41) is 7.91. The highest BCUT2D eigenvalue weighted by Crippen LogP contribution is 2.30. The molecule has 1 aromatic carbocycles. The third-order valence-electron chi connectivity index (χ3n) is 5.89. The lowest BCUT2D eigenvalue weighted by Gasteiger charge is -2.31. The summed E-state index contributed by atoms with van der Waals surface area (Å²) in [5.74, 6) is -0.113. The average molecular weight is 473 g/mol. The van der Waals surface area contributed by atoms with Crippen LogP contribution >= 0.6 is 0 Å². The molecule has 1 aliphatic rings. The highest BCUT2D eigenvalue weighted by Gasteiger charge is 2.22. The van der Waals surface area contributed by atoms with Crippen molar-refractivity contribution in [2.75, 3.05) is 17.8 Å². The molecule has 1 fully saturated rings. The van der Waals surface area contributed by atoms with Gasteiger partial charge in [-0.3, -0.25) is 9.62 Å². The Bertz CT molecular complexity index is 1190. The van der Waals surface area contributed by atoms with Crippen molar-refractivity contribution in [3.63, 3.8) is 0 Å². The minimum Gasteiger partial charge on any atom is -0.297 e. The zero-order valence-corrected chi connectivity index (χ0v) is 19.7. The predicted molar refractivity (Wildman–Crippen MR) is 125 cm³/mol. The first-order chi connectivity index (χ1) is 15.8. The van der Waals surface area contributed by atoms with Crippen molar-refractivity contribution in [3.05, 3.63) is 71.6 Å². The number of likely N-dealkylation sites (tertiary alicyclic amines) is 1. The Hall–Kier alpha value is -2.85. The highest BCUT2D eigenvalue weighted by molar-refractivity contribution is 7.93. The molecule has 0 unspecified atom stereocenters. The normalized spacial score (nSPS) is 15.8. The van der Waals surface area contributed by atoms with E-state index in [-0.39, 0.29) is 0 Å². The number of nitrogens with zero attached hydrogens (tertiary/aromatic N) is 5. The van der Waals surface area contributed by atoms with Crippen molar-refractivity contribution in [2.45, 2.75) is 50.9 Å². The van der Waals surface area contributed by atoms with Gasteiger partial charge in [0, 0.05) is 12.2 Å². The topological polar surface area (TPSA) is 93.0 Å². The van der Waals surface area contributed by atoms with Gasteiger partial charge in [0.15, 0.2) is 0 Å². The summed E-state index contributed by atoms with van der Waals surface area (Å²) in [6, 6.07) is 12.4. The van der Waals surface area contributed by atoms with E-state index in [2.05, 4.69) is 31.0 Å². The van der Waals surface area contributed by atoms with Gasteiger partial charge < -0.3 is 0 Å². The summed E-state index contributed by atoms with van der Waals surface area (Å²) in [7, 11) is -3.36. The maximum atomic E-state index is 13.3. The Labute approximate surface area is 193 Å². The third kappa shape index (κ3) is 6.14. The van der Waals surface area contributed by atoms with E-state index in [1.165, 1.54) is 6.07 Å². The number of aromatic nitrogens is 4. The van der Waals surface area contributed by atoms with Crippen LogP contribution in [-0.2, 0) is 23.1 Å². The van der Waals surface area contributed by atoms with E-state index in [1.807, 2.05) is 18.3 Å². The van der Waals surface area contributed by atoms with Crippen LogP contribution in [0.2, 0.25) is 0 Å². The molecule has 0 aliphatic carbocycles. The van der Waals surface area contributed by atoms with Crippen LogP contribution in [0.5, 0.6) is 0 Å². The number of nitrogens with one attached hydrogen (secondary N) is 1. The van der Waals surface area contributed by atoms with Crippen molar-refractivity contribution in [2.24, 2.45) is 0 Å². The van der Waals surface area contributed by atoms with Gasteiger partial charge in [0.2, 0.25) is 16.0 Å². The van der Waals surface area contributed by atoms with E-state index in [9.17, 15) is 12.8 Å². The van der Waals surface area contributed by atoms with Gasteiger partial charge in [0.25, 0.3) is 0 Å². The lowest BCUT2D eigenvalue weighted by Crippen LogP contribution is -2.32. The van der Waals surface area contributed by atoms with Crippen LogP contribution in [-0.4, -0.2) is 51.6 Å². The number of sulfonamides is 1. The first-order valence-corrected chi connectivity index (χ1v) is 12.7. The molecule has 0 amide bonds. The molecule has 33 heavy (non-hydrogen) atoms. The molecule has 0 bridgehead atoms. The number of anilines is 1. The van der Waals surface area contributed by atoms with E-state index < -0.39 is 21.2 Å². The summed E-state index contributed by atoms with van der Waals surface area (Å²) in [4.78, 5) is 6.21. The summed E-state index contributed by atoms with van der Waals surface area (Å²) < 4.78 is 42.0. The third-order valence-corrected chi connectivity index (χ3v) is 7.66. The summed E-state index contributed by atoms with van der Waals surface area (Å²) >= 11 is 0. The van der Waals surface area contributed by atoms with Crippen LogP contribution in [0.25, 0.3) is 0 Å². The molecule has 3 heterocycles. The van der Waals surface area contributed by atoms with Gasteiger partial charge >= 0.3 is 0 Å². The summed E-state index contributed by atoms with van der Waals surface area (Å²) in [6.07, 6.45) is 3.85. The first-order valence-electron chi connectivity index (χ1n) is 11.1. The molecule has 1 N–H and O–H groups in total. The van der Waals surface area contributed by atoms with Crippen LogP contribution < -0.4 is 4.72 Å². The fourth-order valence-corrected chi connectivity index (χ4v) is 4.68. The zero-order chi connectivity index (χ0) is 23.4. The second kappa shape index (κ2) is 9.96. The van der Waals surface area contributed by atoms with Crippen molar-refractivity contribution in [1.82, 2.24) is 24.9 Å². The predicted octanol–water partition coefficient (Wildman–Crippen LogP) is 3.39. The molecule has 0 radical (unpaired) electrons. The van der Waals surface area contributed by atoms with E-state index in [0.29, 0.717) is 30.4 Å². The monoisotopic (exact) mass is 472 g/mol. The first kappa shape index (κ1) is 23.3. The minimum atomic E-state index is -3.36. The molecule has 1 saturated heterocycles. The molecule has 0 saturated carbocycles. The number of piperidine rings is 1. The fourth-order valence-electron chi connectivity index (χ4n) is 3.98. The quantitative estimate of drug-likeness (QED) is 0.505. The van der Waals surface area contributed by atoms with Gasteiger partial charge in [-0.15, -0.1) is 5.10 Å². The smallest absolute Gasteiger partial charge is 0.235 e. The summed E-state index contributed by atoms with van der Waals surface area (Å²) in [6.45, 7) is 6.26. The van der Waals surface area contributed by atoms with Crippen LogP contribution in [0.4, 0.5) is 10.1 Å². The van der Waals surface area contributed by atoms with Crippen LogP contribution in [0.1, 0.15) is 49.6 Å². The van der Waals surface area contributed by atoms with Crippen molar-refractivity contribution in [1.29, 1.82) is 0 Å². The highest BCUT2D eigenvalue weighted by atomic mass is 32.2. The molecule has 0 spiro atoms. The molecule has 176 valence electrons. The largest absolute Gasteiger partial charge is 0.297 e. The fraction of sp³-hybridized carbons (Fsp3) is 0.435. The molecule has 2 aromatic heterocycles. The van der Waals surface area contributed by atoms with Crippen molar-refractivity contribution >= 4 is 15.7 Å². The molecule has 3 aromatic rings. The average Bonchev–Trinajstić information content (AvgIpc) is 3.20. The Morgan fingerprint density at radius 1 is 1.09 bits per heavy atom. The number of hydrogen-bond acceptors (Lipinski definition) is 6. The van der Waals surface area contributed by atoms with Gasteiger partial charge in [-0.25, -0.2) is 18.1 Å². The Morgan fingerprint density at radius 3 is 2.58 bits per heavy atom. The number of benzene rings is 1. The lowest BCUT2D eigenvalue weighted by atomic mass is 9.89. The molecule has 8 nitrogen and oxygen atoms in total. The second-order valence-electron chi connectivity index (χ2n) is 8.73. The van der Waals surface area contributed by atoms with Crippen molar-refractivity contribution < 1.29 is 12.8 Å². The minimum absolute atomic E-state index is 0.379. The Balaban J connectivity index is 1.31. The lowest BCUT2D eigenvalue weighted by molar-refractivity contribution is 0.202. The van der Waals surface area contributed by atoms with Gasteiger partial charge in [0.1, 0.15) is 0 Å². The Morgan fingerprint density at radius 2 is 1.85 bits per heavy atom. The van der Waals surface area contributed by atoms with Crippen LogP contribution in [0.3, 0.4) is 0 Å². The molecular weight excluding hydrogens is 443 g/mol. The number of hydrogen-bond donors (Lipinski definition) is 1. The zero-order valence-electron chi connectivity index (χ0n) is 18.9. The van der Waals surface area contributed by atoms with Crippen molar-refractivity contribution in [3.8, 4) is 0 Å². The van der Waals surface area contributed by atoms with Crippen LogP contribution in [0.15, 0.2) is 48.7 Å². The molecule has 10 heteroatoms. The molecule has 4 rings (SSSR count). The van der Waals surface area contributed by atoms with Gasteiger partial charge in [-0.05, 0) is 75.5 Å². The van der Waals surface area contributed by atoms with Gasteiger partial charge in [-0.1, -0.05) is 23.4 Å². The van der Waals surface area contributed by atoms with E-state index in [1.54, 1.807) is 36.7 Å². The van der Waals surface area contributed by atoms with Crippen LogP contribution in [0, 0.1) is 5.95 Å². The van der Waals surface area contributed by atoms with Gasteiger partial charge in [0.05, 0.1) is 29.4 Å². The number of halogens is 1. The molecular formula is C23H29FN6O2S. The number of rotatable bonds is 8. The van der Waals surface area contributed by atoms with E-state index in [4.69, 9.17) is 0 Å². The standard InChI is InChI=1S/C23H29FN6O2S/c1-17(2)33(31,32)27-20-6-3-5-19(13-20)18-9-11-29(12-10-18)14-22-16-30(28-26-22)15-21-7-4-8-23(24)25-21/h3-8,13,16-18,27H,9-12,14-15H2,1-2H3. The second-order valence-corrected chi connectivity index (χ2v) is 11.0. The molecule has 1 aliphatic heterocycles. The Kier molecular flexibility index (Phi) is 7.04. The maximum Gasteiger partial charge on any atom is 0.235 e.